The second kappa shape index (κ2) is 5.87. The zero-order valence-electron chi connectivity index (χ0n) is 12.3. The number of hydrogen-bond donors (Lipinski definition) is 2. The summed E-state index contributed by atoms with van der Waals surface area (Å²) in [6.45, 7) is 5.41. The van der Waals surface area contributed by atoms with E-state index in [1.807, 2.05) is 13.8 Å². The SMILES string of the molecule is Cc1ccc(S(=O)(=O)Nc2ccccc2C(C)O)cc1C. The molecule has 5 heteroatoms. The van der Waals surface area contributed by atoms with Gasteiger partial charge in [0.2, 0.25) is 0 Å². The highest BCUT2D eigenvalue weighted by molar-refractivity contribution is 7.92. The van der Waals surface area contributed by atoms with E-state index in [0.29, 0.717) is 11.3 Å². The van der Waals surface area contributed by atoms with Gasteiger partial charge < -0.3 is 5.11 Å². The summed E-state index contributed by atoms with van der Waals surface area (Å²) in [6.07, 6.45) is -0.747. The van der Waals surface area contributed by atoms with E-state index in [-0.39, 0.29) is 4.90 Å². The number of benzene rings is 2. The molecule has 2 aromatic carbocycles. The van der Waals surface area contributed by atoms with Crippen LogP contribution in [0.15, 0.2) is 47.4 Å². The second-order valence-corrected chi connectivity index (χ2v) is 6.80. The monoisotopic (exact) mass is 305 g/mol. The maximum Gasteiger partial charge on any atom is 0.261 e. The van der Waals surface area contributed by atoms with Crippen molar-refractivity contribution in [2.75, 3.05) is 4.72 Å². The van der Waals surface area contributed by atoms with Crippen molar-refractivity contribution in [3.63, 3.8) is 0 Å². The van der Waals surface area contributed by atoms with E-state index in [1.165, 1.54) is 0 Å². The molecule has 0 aliphatic heterocycles. The highest BCUT2D eigenvalue weighted by Crippen LogP contribution is 2.25. The van der Waals surface area contributed by atoms with Crippen molar-refractivity contribution in [2.45, 2.75) is 31.8 Å². The summed E-state index contributed by atoms with van der Waals surface area (Å²) in [4.78, 5) is 0.214. The van der Waals surface area contributed by atoms with E-state index in [2.05, 4.69) is 4.72 Å². The number of hydrogen-bond acceptors (Lipinski definition) is 3. The topological polar surface area (TPSA) is 66.4 Å². The lowest BCUT2D eigenvalue weighted by Crippen LogP contribution is -2.15. The lowest BCUT2D eigenvalue weighted by Gasteiger charge is -2.14. The third kappa shape index (κ3) is 3.43. The van der Waals surface area contributed by atoms with Gasteiger partial charge in [0.25, 0.3) is 10.0 Å². The van der Waals surface area contributed by atoms with Crippen LogP contribution in [-0.4, -0.2) is 13.5 Å². The zero-order valence-corrected chi connectivity index (χ0v) is 13.1. The summed E-state index contributed by atoms with van der Waals surface area (Å²) >= 11 is 0. The molecule has 0 aromatic heterocycles. The van der Waals surface area contributed by atoms with Crippen LogP contribution in [0.25, 0.3) is 0 Å². The van der Waals surface area contributed by atoms with Gasteiger partial charge in [0.05, 0.1) is 16.7 Å². The van der Waals surface area contributed by atoms with Gasteiger partial charge in [0.15, 0.2) is 0 Å². The molecular formula is C16H19NO3S. The lowest BCUT2D eigenvalue weighted by molar-refractivity contribution is 0.200. The Morgan fingerprint density at radius 1 is 1.05 bits per heavy atom. The molecular weight excluding hydrogens is 286 g/mol. The van der Waals surface area contributed by atoms with Crippen molar-refractivity contribution in [3.8, 4) is 0 Å². The van der Waals surface area contributed by atoms with E-state index in [1.54, 1.807) is 49.4 Å². The molecule has 0 spiro atoms. The first-order chi connectivity index (χ1) is 9.81. The van der Waals surface area contributed by atoms with E-state index in [9.17, 15) is 13.5 Å². The van der Waals surface area contributed by atoms with Crippen LogP contribution >= 0.6 is 0 Å². The molecule has 0 fully saturated rings. The van der Waals surface area contributed by atoms with Gasteiger partial charge in [-0.05, 0) is 50.1 Å². The third-order valence-electron chi connectivity index (χ3n) is 3.44. The maximum atomic E-state index is 12.4. The standard InChI is InChI=1S/C16H19NO3S/c1-11-8-9-14(10-12(11)2)21(19,20)17-16-7-5-4-6-15(16)13(3)18/h4-10,13,17-18H,1-3H3. The first-order valence-corrected chi connectivity index (χ1v) is 8.16. The van der Waals surface area contributed by atoms with Crippen molar-refractivity contribution in [3.05, 3.63) is 59.2 Å². The summed E-state index contributed by atoms with van der Waals surface area (Å²) in [5.74, 6) is 0. The van der Waals surface area contributed by atoms with Gasteiger partial charge in [0.1, 0.15) is 0 Å². The van der Waals surface area contributed by atoms with E-state index in [4.69, 9.17) is 0 Å². The first kappa shape index (κ1) is 15.5. The molecule has 0 radical (unpaired) electrons. The van der Waals surface area contributed by atoms with Gasteiger partial charge >= 0.3 is 0 Å². The number of aliphatic hydroxyl groups excluding tert-OH is 1. The van der Waals surface area contributed by atoms with Crippen LogP contribution in [0, 0.1) is 13.8 Å². The van der Waals surface area contributed by atoms with Crippen molar-refractivity contribution in [1.82, 2.24) is 0 Å². The highest BCUT2D eigenvalue weighted by atomic mass is 32.2. The minimum atomic E-state index is -3.67. The van der Waals surface area contributed by atoms with Crippen LogP contribution in [-0.2, 0) is 10.0 Å². The molecule has 0 amide bonds. The van der Waals surface area contributed by atoms with Crippen molar-refractivity contribution in [1.29, 1.82) is 0 Å². The van der Waals surface area contributed by atoms with Gasteiger partial charge in [-0.3, -0.25) is 4.72 Å². The molecule has 2 rings (SSSR count). The number of rotatable bonds is 4. The molecule has 21 heavy (non-hydrogen) atoms. The molecule has 0 aliphatic rings. The van der Waals surface area contributed by atoms with E-state index < -0.39 is 16.1 Å². The number of para-hydroxylation sites is 1. The molecule has 2 aromatic rings. The number of sulfonamides is 1. The summed E-state index contributed by atoms with van der Waals surface area (Å²) in [5.41, 5.74) is 2.90. The van der Waals surface area contributed by atoms with Crippen LogP contribution < -0.4 is 4.72 Å². The minimum absolute atomic E-state index is 0.214. The fourth-order valence-corrected chi connectivity index (χ4v) is 3.21. The Kier molecular flexibility index (Phi) is 4.34. The zero-order chi connectivity index (χ0) is 15.6. The summed E-state index contributed by atoms with van der Waals surface area (Å²) in [5, 5.41) is 9.72. The molecule has 1 atom stereocenters. The summed E-state index contributed by atoms with van der Waals surface area (Å²) in [7, 11) is -3.67. The molecule has 0 aliphatic carbocycles. The molecule has 1 unspecified atom stereocenters. The Hall–Kier alpha value is -1.85. The lowest BCUT2D eigenvalue weighted by atomic mass is 10.1. The maximum absolute atomic E-state index is 12.4. The second-order valence-electron chi connectivity index (χ2n) is 5.11. The molecule has 4 nitrogen and oxygen atoms in total. The summed E-state index contributed by atoms with van der Waals surface area (Å²) in [6, 6.07) is 11.8. The van der Waals surface area contributed by atoms with Crippen LogP contribution in [0.4, 0.5) is 5.69 Å². The normalized spacial score (nSPS) is 13.0. The number of aliphatic hydroxyl groups is 1. The fourth-order valence-electron chi connectivity index (χ4n) is 2.04. The Morgan fingerprint density at radius 3 is 2.33 bits per heavy atom. The average Bonchev–Trinajstić information content (AvgIpc) is 2.41. The van der Waals surface area contributed by atoms with Gasteiger partial charge in [-0.2, -0.15) is 0 Å². The van der Waals surface area contributed by atoms with Gasteiger partial charge in [-0.25, -0.2) is 8.42 Å². The van der Waals surface area contributed by atoms with Gasteiger partial charge in [0, 0.05) is 5.56 Å². The molecule has 112 valence electrons. The van der Waals surface area contributed by atoms with Crippen LogP contribution in [0.2, 0.25) is 0 Å². The number of anilines is 1. The smallest absolute Gasteiger partial charge is 0.261 e. The first-order valence-electron chi connectivity index (χ1n) is 6.68. The Morgan fingerprint density at radius 2 is 1.71 bits per heavy atom. The third-order valence-corrected chi connectivity index (χ3v) is 4.81. The van der Waals surface area contributed by atoms with Crippen molar-refractivity contribution < 1.29 is 13.5 Å². The van der Waals surface area contributed by atoms with Crippen LogP contribution in [0.1, 0.15) is 29.7 Å². The molecule has 0 heterocycles. The van der Waals surface area contributed by atoms with Gasteiger partial charge in [-0.15, -0.1) is 0 Å². The minimum Gasteiger partial charge on any atom is -0.389 e. The van der Waals surface area contributed by atoms with Crippen molar-refractivity contribution >= 4 is 15.7 Å². The van der Waals surface area contributed by atoms with E-state index in [0.717, 1.165) is 11.1 Å². The Labute approximate surface area is 125 Å². The predicted molar refractivity (Wildman–Crippen MR) is 83.8 cm³/mol. The average molecular weight is 305 g/mol. The van der Waals surface area contributed by atoms with Crippen LogP contribution in [0.5, 0.6) is 0 Å². The predicted octanol–water partition coefficient (Wildman–Crippen LogP) is 3.16. The quantitative estimate of drug-likeness (QED) is 0.912. The highest BCUT2D eigenvalue weighted by Gasteiger charge is 2.17. The fraction of sp³-hybridized carbons (Fsp3) is 0.250. The van der Waals surface area contributed by atoms with E-state index >= 15 is 0 Å². The number of nitrogens with one attached hydrogen (secondary N) is 1. The van der Waals surface area contributed by atoms with Crippen molar-refractivity contribution in [2.24, 2.45) is 0 Å². The molecule has 0 bridgehead atoms. The molecule has 2 N–H and O–H groups in total. The molecule has 0 saturated carbocycles. The largest absolute Gasteiger partial charge is 0.389 e. The number of aryl methyl sites for hydroxylation is 2. The van der Waals surface area contributed by atoms with Crippen LogP contribution in [0.3, 0.4) is 0 Å². The van der Waals surface area contributed by atoms with Gasteiger partial charge in [-0.1, -0.05) is 24.3 Å². The molecule has 0 saturated heterocycles. The Bertz CT molecular complexity index is 752. The Balaban J connectivity index is 2.40. The summed E-state index contributed by atoms with van der Waals surface area (Å²) < 4.78 is 27.4.